The van der Waals surface area contributed by atoms with Gasteiger partial charge in [-0.1, -0.05) is 6.07 Å². The monoisotopic (exact) mass is 295 g/mol. The van der Waals surface area contributed by atoms with Gasteiger partial charge >= 0.3 is 0 Å². The van der Waals surface area contributed by atoms with Gasteiger partial charge in [0.2, 0.25) is 5.91 Å². The molecule has 0 aliphatic rings. The summed E-state index contributed by atoms with van der Waals surface area (Å²) in [4.78, 5) is 23.3. The number of nitrogens with one attached hydrogen (secondary N) is 3. The Labute approximate surface area is 125 Å². The fourth-order valence-electron chi connectivity index (χ4n) is 2.06. The van der Waals surface area contributed by atoms with E-state index in [2.05, 4.69) is 26.0 Å². The van der Waals surface area contributed by atoms with Crippen molar-refractivity contribution in [2.45, 2.75) is 6.92 Å². The van der Waals surface area contributed by atoms with Gasteiger partial charge in [-0.2, -0.15) is 15.4 Å². The molecule has 0 atom stereocenters. The molecule has 0 fully saturated rings. The van der Waals surface area contributed by atoms with E-state index in [1.807, 2.05) is 0 Å². The van der Waals surface area contributed by atoms with E-state index in [1.165, 1.54) is 6.92 Å². The van der Waals surface area contributed by atoms with Gasteiger partial charge in [-0.25, -0.2) is 0 Å². The van der Waals surface area contributed by atoms with Gasteiger partial charge in [-0.3, -0.25) is 9.59 Å². The van der Waals surface area contributed by atoms with Crippen LogP contribution in [0.3, 0.4) is 0 Å². The first-order chi connectivity index (χ1) is 10.6. The van der Waals surface area contributed by atoms with Crippen LogP contribution < -0.4 is 10.6 Å². The van der Waals surface area contributed by atoms with Crippen molar-refractivity contribution in [1.29, 1.82) is 0 Å². The number of anilines is 2. The second-order valence-corrected chi connectivity index (χ2v) is 4.74. The van der Waals surface area contributed by atoms with Crippen LogP contribution in [0, 0.1) is 0 Å². The van der Waals surface area contributed by atoms with Crippen LogP contribution in [-0.2, 0) is 4.79 Å². The SMILES string of the molecule is CC(=O)Nc1cccc(NC(=O)c2ccc3n[nH]nc3c2)c1. The molecule has 7 heteroatoms. The number of fused-ring (bicyclic) bond motifs is 1. The molecule has 0 saturated carbocycles. The number of hydrogen-bond donors (Lipinski definition) is 3. The largest absolute Gasteiger partial charge is 0.326 e. The molecule has 0 spiro atoms. The first-order valence-electron chi connectivity index (χ1n) is 6.61. The smallest absolute Gasteiger partial charge is 0.255 e. The Balaban J connectivity index is 1.79. The number of carbonyl (C=O) groups excluding carboxylic acids is 2. The molecule has 0 saturated heterocycles. The van der Waals surface area contributed by atoms with Crippen LogP contribution in [0.5, 0.6) is 0 Å². The fraction of sp³-hybridized carbons (Fsp3) is 0.0667. The third-order valence-corrected chi connectivity index (χ3v) is 3.02. The highest BCUT2D eigenvalue weighted by atomic mass is 16.2. The van der Waals surface area contributed by atoms with Crippen molar-refractivity contribution in [2.24, 2.45) is 0 Å². The summed E-state index contributed by atoms with van der Waals surface area (Å²) < 4.78 is 0. The van der Waals surface area contributed by atoms with E-state index in [0.717, 1.165) is 0 Å². The third-order valence-electron chi connectivity index (χ3n) is 3.02. The van der Waals surface area contributed by atoms with Gasteiger partial charge in [0.05, 0.1) is 0 Å². The summed E-state index contributed by atoms with van der Waals surface area (Å²) in [5.74, 6) is -0.426. The molecule has 7 nitrogen and oxygen atoms in total. The summed E-state index contributed by atoms with van der Waals surface area (Å²) >= 11 is 0. The molecule has 3 N–H and O–H groups in total. The topological polar surface area (TPSA) is 99.8 Å². The van der Waals surface area contributed by atoms with Crippen molar-refractivity contribution in [2.75, 3.05) is 10.6 Å². The molecule has 0 aliphatic heterocycles. The molecular weight excluding hydrogens is 282 g/mol. The molecule has 0 radical (unpaired) electrons. The molecule has 0 aliphatic carbocycles. The van der Waals surface area contributed by atoms with Crippen LogP contribution in [0.1, 0.15) is 17.3 Å². The summed E-state index contributed by atoms with van der Waals surface area (Å²) in [6.45, 7) is 1.43. The quantitative estimate of drug-likeness (QED) is 0.689. The first-order valence-corrected chi connectivity index (χ1v) is 6.61. The fourth-order valence-corrected chi connectivity index (χ4v) is 2.06. The first kappa shape index (κ1) is 13.7. The van der Waals surface area contributed by atoms with Crippen molar-refractivity contribution in [3.63, 3.8) is 0 Å². The number of nitrogens with zero attached hydrogens (tertiary/aromatic N) is 2. The number of hydrogen-bond acceptors (Lipinski definition) is 4. The summed E-state index contributed by atoms with van der Waals surface area (Å²) in [6, 6.07) is 12.0. The highest BCUT2D eigenvalue weighted by Gasteiger charge is 2.09. The molecule has 0 bridgehead atoms. The van der Waals surface area contributed by atoms with Crippen LogP contribution in [0.2, 0.25) is 0 Å². The Hall–Kier alpha value is -3.22. The second kappa shape index (κ2) is 5.65. The van der Waals surface area contributed by atoms with Crippen LogP contribution in [0.15, 0.2) is 42.5 Å². The number of rotatable bonds is 3. The summed E-state index contributed by atoms with van der Waals surface area (Å²) in [5.41, 5.74) is 3.02. The Morgan fingerprint density at radius 1 is 0.955 bits per heavy atom. The lowest BCUT2D eigenvalue weighted by atomic mass is 10.2. The van der Waals surface area contributed by atoms with Crippen molar-refractivity contribution in [3.05, 3.63) is 48.0 Å². The predicted octanol–water partition coefficient (Wildman–Crippen LogP) is 2.17. The highest BCUT2D eigenvalue weighted by Crippen LogP contribution is 2.17. The van der Waals surface area contributed by atoms with E-state index >= 15 is 0 Å². The zero-order valence-electron chi connectivity index (χ0n) is 11.8. The number of aromatic amines is 1. The Kier molecular flexibility index (Phi) is 3.53. The number of aromatic nitrogens is 3. The Bertz CT molecular complexity index is 856. The molecular formula is C15H13N5O2. The lowest BCUT2D eigenvalue weighted by Gasteiger charge is -2.07. The van der Waals surface area contributed by atoms with E-state index < -0.39 is 0 Å². The van der Waals surface area contributed by atoms with Crippen LogP contribution in [0.4, 0.5) is 11.4 Å². The van der Waals surface area contributed by atoms with Gasteiger partial charge in [0, 0.05) is 23.9 Å². The number of benzene rings is 2. The standard InChI is InChI=1S/C15H13N5O2/c1-9(21)16-11-3-2-4-12(8-11)17-15(22)10-5-6-13-14(7-10)19-20-18-13/h2-8H,1H3,(H,16,21)(H,17,22)(H,18,19,20). The second-order valence-electron chi connectivity index (χ2n) is 4.74. The van der Waals surface area contributed by atoms with Gasteiger partial charge in [0.15, 0.2) is 0 Å². The minimum Gasteiger partial charge on any atom is -0.326 e. The van der Waals surface area contributed by atoms with Gasteiger partial charge in [-0.05, 0) is 36.4 Å². The minimum absolute atomic E-state index is 0.167. The van der Waals surface area contributed by atoms with Gasteiger partial charge in [0.25, 0.3) is 5.91 Å². The molecule has 1 aromatic heterocycles. The van der Waals surface area contributed by atoms with Gasteiger partial charge < -0.3 is 10.6 Å². The van der Waals surface area contributed by atoms with Crippen molar-refractivity contribution in [1.82, 2.24) is 15.4 Å². The molecule has 1 heterocycles. The van der Waals surface area contributed by atoms with E-state index in [0.29, 0.717) is 28.0 Å². The minimum atomic E-state index is -0.259. The molecule has 2 amide bonds. The lowest BCUT2D eigenvalue weighted by molar-refractivity contribution is -0.114. The van der Waals surface area contributed by atoms with Gasteiger partial charge in [-0.15, -0.1) is 0 Å². The maximum Gasteiger partial charge on any atom is 0.255 e. The zero-order valence-corrected chi connectivity index (χ0v) is 11.8. The molecule has 22 heavy (non-hydrogen) atoms. The highest BCUT2D eigenvalue weighted by molar-refractivity contribution is 6.06. The van der Waals surface area contributed by atoms with Crippen molar-refractivity contribution >= 4 is 34.2 Å². The lowest BCUT2D eigenvalue weighted by Crippen LogP contribution is -2.12. The van der Waals surface area contributed by atoms with E-state index in [9.17, 15) is 9.59 Å². The molecule has 0 unspecified atom stereocenters. The molecule has 2 aromatic carbocycles. The molecule has 3 aromatic rings. The number of H-pyrrole nitrogens is 1. The molecule has 110 valence electrons. The summed E-state index contributed by atoms with van der Waals surface area (Å²) in [5, 5.41) is 15.8. The van der Waals surface area contributed by atoms with Gasteiger partial charge in [0.1, 0.15) is 11.0 Å². The Morgan fingerprint density at radius 3 is 2.45 bits per heavy atom. The maximum atomic E-state index is 12.3. The van der Waals surface area contributed by atoms with E-state index in [-0.39, 0.29) is 11.8 Å². The third kappa shape index (κ3) is 2.93. The maximum absolute atomic E-state index is 12.3. The average molecular weight is 295 g/mol. The van der Waals surface area contributed by atoms with Crippen LogP contribution in [-0.4, -0.2) is 27.2 Å². The van der Waals surface area contributed by atoms with Crippen molar-refractivity contribution in [3.8, 4) is 0 Å². The van der Waals surface area contributed by atoms with E-state index in [4.69, 9.17) is 0 Å². The normalized spacial score (nSPS) is 10.4. The van der Waals surface area contributed by atoms with Crippen LogP contribution >= 0.6 is 0 Å². The van der Waals surface area contributed by atoms with E-state index in [1.54, 1.807) is 42.5 Å². The average Bonchev–Trinajstić information content (AvgIpc) is 2.94. The number of amides is 2. The predicted molar refractivity (Wildman–Crippen MR) is 82.6 cm³/mol. The zero-order chi connectivity index (χ0) is 15.5. The number of carbonyl (C=O) groups is 2. The van der Waals surface area contributed by atoms with Crippen molar-refractivity contribution < 1.29 is 9.59 Å². The summed E-state index contributed by atoms with van der Waals surface area (Å²) in [6.07, 6.45) is 0. The Morgan fingerprint density at radius 2 is 1.68 bits per heavy atom. The summed E-state index contributed by atoms with van der Waals surface area (Å²) in [7, 11) is 0. The molecule has 3 rings (SSSR count). The van der Waals surface area contributed by atoms with Crippen LogP contribution in [0.25, 0.3) is 11.0 Å².